The molecule has 3 aliphatic rings. The van der Waals surface area contributed by atoms with Crippen LogP contribution in [0.3, 0.4) is 0 Å². The lowest BCUT2D eigenvalue weighted by molar-refractivity contribution is 0.780. The van der Waals surface area contributed by atoms with Crippen LogP contribution < -0.4 is 0 Å². The summed E-state index contributed by atoms with van der Waals surface area (Å²) in [5.74, 6) is 0. The highest BCUT2D eigenvalue weighted by atomic mass is 31.2. The molecule has 0 unspecified atom stereocenters. The lowest BCUT2D eigenvalue weighted by Gasteiger charge is -2.27. The number of allylic oxidation sites excluding steroid dienone is 4. The number of aryl methyl sites for hydroxylation is 1. The van der Waals surface area contributed by atoms with Gasteiger partial charge in [0.2, 0.25) is 0 Å². The van der Waals surface area contributed by atoms with Crippen molar-refractivity contribution >= 4 is 19.1 Å². The van der Waals surface area contributed by atoms with Gasteiger partial charge in [-0.15, -0.1) is 0 Å². The van der Waals surface area contributed by atoms with Crippen LogP contribution in [-0.4, -0.2) is 48.0 Å². The Labute approximate surface area is 175 Å². The quantitative estimate of drug-likeness (QED) is 0.427. The molecule has 0 amide bonds. The SMILES string of the molecule is C=P(CCc1cccc(Cc2ccc(C3=CCCC=C3)cc2)c1)(N1CC1)N1CC1. The minimum atomic E-state index is -1.25. The van der Waals surface area contributed by atoms with E-state index in [1.165, 1.54) is 66.6 Å². The Morgan fingerprint density at radius 1 is 0.828 bits per heavy atom. The molecular weight excluding hydrogens is 371 g/mol. The molecule has 5 rings (SSSR count). The van der Waals surface area contributed by atoms with Crippen molar-refractivity contribution in [3.8, 4) is 0 Å². The first-order valence-electron chi connectivity index (χ1n) is 11.0. The number of benzene rings is 2. The van der Waals surface area contributed by atoms with Gasteiger partial charge < -0.3 is 0 Å². The van der Waals surface area contributed by atoms with Crippen LogP contribution in [-0.2, 0) is 12.8 Å². The first kappa shape index (κ1) is 19.1. The smallest absolute Gasteiger partial charge is 0.0163 e. The van der Waals surface area contributed by atoms with Crippen LogP contribution in [0.5, 0.6) is 0 Å². The maximum atomic E-state index is 4.70. The van der Waals surface area contributed by atoms with Gasteiger partial charge in [-0.25, -0.2) is 0 Å². The summed E-state index contributed by atoms with van der Waals surface area (Å²) < 4.78 is 5.25. The highest BCUT2D eigenvalue weighted by Crippen LogP contribution is 2.59. The standard InChI is InChI=1S/C26H31N2P/c1-29(27-15-16-27,28-17-18-28)19-14-22-6-5-7-24(20-22)21-23-10-12-26(13-11-23)25-8-3-2-4-9-25/h3,5-13,20H,1-2,4,14-19,21H2. The highest BCUT2D eigenvalue weighted by molar-refractivity contribution is 7.69. The fourth-order valence-corrected chi connectivity index (χ4v) is 7.59. The molecular formula is C26H31N2P. The second kappa shape index (κ2) is 8.11. The normalized spacial score (nSPS) is 19.2. The zero-order valence-electron chi connectivity index (χ0n) is 17.3. The molecule has 150 valence electrons. The van der Waals surface area contributed by atoms with E-state index in [0.29, 0.717) is 0 Å². The van der Waals surface area contributed by atoms with E-state index in [0.717, 1.165) is 19.3 Å². The van der Waals surface area contributed by atoms with Crippen molar-refractivity contribution in [2.24, 2.45) is 0 Å². The third-order valence-electron chi connectivity index (χ3n) is 6.34. The summed E-state index contributed by atoms with van der Waals surface area (Å²) >= 11 is 0. The molecule has 2 aromatic carbocycles. The molecule has 2 nitrogen and oxygen atoms in total. The van der Waals surface area contributed by atoms with Gasteiger partial charge in [0.05, 0.1) is 0 Å². The molecule has 2 heterocycles. The number of hydrogen-bond donors (Lipinski definition) is 0. The summed E-state index contributed by atoms with van der Waals surface area (Å²) in [4.78, 5) is 0. The van der Waals surface area contributed by atoms with Gasteiger partial charge in [0.1, 0.15) is 0 Å². The van der Waals surface area contributed by atoms with E-state index in [4.69, 9.17) is 6.30 Å². The van der Waals surface area contributed by atoms with Crippen LogP contribution in [0.1, 0.15) is 35.1 Å². The summed E-state index contributed by atoms with van der Waals surface area (Å²) in [6, 6.07) is 18.3. The molecule has 1 aliphatic carbocycles. The van der Waals surface area contributed by atoms with Gasteiger partial charge in [-0.05, 0) is 59.7 Å². The minimum absolute atomic E-state index is 1.01. The van der Waals surface area contributed by atoms with Crippen LogP contribution in [0.25, 0.3) is 5.57 Å². The van der Waals surface area contributed by atoms with E-state index in [9.17, 15) is 0 Å². The molecule has 2 aliphatic heterocycles. The van der Waals surface area contributed by atoms with Crippen molar-refractivity contribution in [1.82, 2.24) is 9.34 Å². The molecule has 2 aromatic rings. The molecule has 2 saturated heterocycles. The number of hydrogen-bond acceptors (Lipinski definition) is 2. The van der Waals surface area contributed by atoms with Gasteiger partial charge >= 0.3 is 0 Å². The molecule has 0 spiro atoms. The fourth-order valence-electron chi connectivity index (χ4n) is 4.38. The molecule has 0 atom stereocenters. The Hall–Kier alpha value is -1.86. The zero-order chi connectivity index (χ0) is 19.7. The third kappa shape index (κ3) is 4.51. The van der Waals surface area contributed by atoms with E-state index < -0.39 is 7.19 Å². The van der Waals surface area contributed by atoms with Gasteiger partial charge in [-0.2, -0.15) is 0 Å². The van der Waals surface area contributed by atoms with Crippen LogP contribution in [0, 0.1) is 0 Å². The monoisotopic (exact) mass is 402 g/mol. The molecule has 0 radical (unpaired) electrons. The van der Waals surface area contributed by atoms with E-state index in [1.54, 1.807) is 0 Å². The van der Waals surface area contributed by atoms with E-state index in [1.807, 2.05) is 0 Å². The highest BCUT2D eigenvalue weighted by Gasteiger charge is 2.40. The zero-order valence-corrected chi connectivity index (χ0v) is 18.2. The van der Waals surface area contributed by atoms with Crippen LogP contribution in [0.2, 0.25) is 0 Å². The van der Waals surface area contributed by atoms with Gasteiger partial charge in [0, 0.05) is 33.4 Å². The van der Waals surface area contributed by atoms with Crippen LogP contribution in [0.4, 0.5) is 0 Å². The summed E-state index contributed by atoms with van der Waals surface area (Å²) in [7, 11) is -1.25. The third-order valence-corrected chi connectivity index (χ3v) is 10.2. The summed E-state index contributed by atoms with van der Waals surface area (Å²) in [5, 5.41) is 0. The molecule has 0 N–H and O–H groups in total. The van der Waals surface area contributed by atoms with E-state index >= 15 is 0 Å². The van der Waals surface area contributed by atoms with Crippen molar-refractivity contribution in [3.63, 3.8) is 0 Å². The lowest BCUT2D eigenvalue weighted by Crippen LogP contribution is -2.10. The van der Waals surface area contributed by atoms with Gasteiger partial charge in [-0.1, -0.05) is 73.1 Å². The summed E-state index contributed by atoms with van der Waals surface area (Å²) in [6.07, 6.45) is 17.3. The predicted octanol–water partition coefficient (Wildman–Crippen LogP) is 5.46. The fraction of sp³-hybridized carbons (Fsp3) is 0.346. The van der Waals surface area contributed by atoms with Gasteiger partial charge in [-0.3, -0.25) is 9.34 Å². The Morgan fingerprint density at radius 3 is 2.21 bits per heavy atom. The molecule has 29 heavy (non-hydrogen) atoms. The molecule has 0 aromatic heterocycles. The van der Waals surface area contributed by atoms with E-state index in [2.05, 4.69) is 76.1 Å². The van der Waals surface area contributed by atoms with Crippen molar-refractivity contribution in [2.45, 2.75) is 25.7 Å². The number of nitrogens with zero attached hydrogens (tertiary/aromatic N) is 2. The summed E-state index contributed by atoms with van der Waals surface area (Å²) in [6.45, 7) is 5.04. The molecule has 0 saturated carbocycles. The minimum Gasteiger partial charge on any atom is -0.270 e. The summed E-state index contributed by atoms with van der Waals surface area (Å²) in [5.41, 5.74) is 6.97. The largest absolute Gasteiger partial charge is 0.270 e. The Balaban J connectivity index is 1.23. The molecule has 3 heteroatoms. The Morgan fingerprint density at radius 2 is 1.55 bits per heavy atom. The first-order valence-corrected chi connectivity index (χ1v) is 13.0. The predicted molar refractivity (Wildman–Crippen MR) is 128 cm³/mol. The lowest BCUT2D eigenvalue weighted by atomic mass is 9.96. The van der Waals surface area contributed by atoms with Crippen LogP contribution >= 0.6 is 7.19 Å². The van der Waals surface area contributed by atoms with E-state index in [-0.39, 0.29) is 0 Å². The van der Waals surface area contributed by atoms with Crippen molar-refractivity contribution < 1.29 is 0 Å². The van der Waals surface area contributed by atoms with Crippen molar-refractivity contribution in [2.75, 3.05) is 32.3 Å². The number of rotatable bonds is 8. The van der Waals surface area contributed by atoms with Crippen molar-refractivity contribution in [3.05, 3.63) is 89.0 Å². The molecule has 2 fully saturated rings. The second-order valence-electron chi connectivity index (χ2n) is 8.59. The van der Waals surface area contributed by atoms with Gasteiger partial charge in [0.15, 0.2) is 0 Å². The maximum absolute atomic E-state index is 4.70. The maximum Gasteiger partial charge on any atom is 0.0163 e. The average molecular weight is 403 g/mol. The average Bonchev–Trinajstić information content (AvgIpc) is 3.66. The van der Waals surface area contributed by atoms with Crippen molar-refractivity contribution in [1.29, 1.82) is 0 Å². The van der Waals surface area contributed by atoms with Gasteiger partial charge in [0.25, 0.3) is 0 Å². The van der Waals surface area contributed by atoms with Crippen LogP contribution in [0.15, 0.2) is 66.8 Å². The Kier molecular flexibility index (Phi) is 5.35. The topological polar surface area (TPSA) is 6.02 Å². The first-order chi connectivity index (χ1) is 14.2. The molecule has 0 bridgehead atoms. The second-order valence-corrected chi connectivity index (χ2v) is 11.9. The Bertz CT molecular complexity index is 962.